The van der Waals surface area contributed by atoms with Crippen LogP contribution in [0.2, 0.25) is 0 Å². The molecule has 0 aliphatic carbocycles. The second-order valence-corrected chi connectivity index (χ2v) is 6.43. The minimum absolute atomic E-state index is 0.0239. The fourth-order valence-electron chi connectivity index (χ4n) is 3.15. The van der Waals surface area contributed by atoms with Gasteiger partial charge in [0.2, 0.25) is 0 Å². The number of anilines is 2. The lowest BCUT2D eigenvalue weighted by Crippen LogP contribution is -2.40. The van der Waals surface area contributed by atoms with Crippen molar-refractivity contribution in [2.24, 2.45) is 0 Å². The maximum Gasteiger partial charge on any atom is 0.419 e. The molecule has 1 aromatic carbocycles. The molecule has 0 saturated heterocycles. The molecule has 4 rings (SSSR count). The maximum atomic E-state index is 13.1. The monoisotopic (exact) mass is 405 g/mol. The maximum absolute atomic E-state index is 13.1. The molecule has 10 heteroatoms. The first kappa shape index (κ1) is 18.9. The largest absolute Gasteiger partial charge is 0.419 e. The van der Waals surface area contributed by atoms with Crippen LogP contribution in [0, 0.1) is 5.82 Å². The van der Waals surface area contributed by atoms with E-state index >= 15 is 0 Å². The molecule has 1 amide bonds. The van der Waals surface area contributed by atoms with Gasteiger partial charge < -0.3 is 10.2 Å². The lowest BCUT2D eigenvalue weighted by Gasteiger charge is -2.27. The Labute approximate surface area is 162 Å². The minimum atomic E-state index is -4.53. The second kappa shape index (κ2) is 7.19. The summed E-state index contributed by atoms with van der Waals surface area (Å²) in [7, 11) is 0. The van der Waals surface area contributed by atoms with Crippen LogP contribution in [-0.4, -0.2) is 27.2 Å². The first-order chi connectivity index (χ1) is 13.8. The van der Waals surface area contributed by atoms with Gasteiger partial charge in [0.1, 0.15) is 17.3 Å². The molecule has 0 unspecified atom stereocenters. The van der Waals surface area contributed by atoms with Gasteiger partial charge in [0, 0.05) is 18.4 Å². The van der Waals surface area contributed by atoms with Crippen molar-refractivity contribution < 1.29 is 22.4 Å². The van der Waals surface area contributed by atoms with Crippen LogP contribution in [-0.2, 0) is 19.3 Å². The third-order valence-corrected chi connectivity index (χ3v) is 4.52. The number of pyridine rings is 1. The molecule has 150 valence electrons. The standard InChI is InChI=1S/C19H15F4N5O/c20-12-3-5-14(6-4-12)27-8-9-28-16(18(27)29)10-13(26-28)11-25-17-15(19(21,22)23)2-1-7-24-17/h1-7,10H,8-9,11H2,(H,24,25). The average molecular weight is 405 g/mol. The molecule has 29 heavy (non-hydrogen) atoms. The van der Waals surface area contributed by atoms with E-state index in [-0.39, 0.29) is 18.3 Å². The molecule has 0 saturated carbocycles. The molecule has 0 atom stereocenters. The van der Waals surface area contributed by atoms with Gasteiger partial charge in [-0.15, -0.1) is 0 Å². The first-order valence-electron chi connectivity index (χ1n) is 8.73. The van der Waals surface area contributed by atoms with Gasteiger partial charge in [-0.3, -0.25) is 9.48 Å². The smallest absolute Gasteiger partial charge is 0.364 e. The number of halogens is 4. The zero-order chi connectivity index (χ0) is 20.6. The van der Waals surface area contributed by atoms with Gasteiger partial charge in [0.05, 0.1) is 24.3 Å². The number of fused-ring (bicyclic) bond motifs is 1. The summed E-state index contributed by atoms with van der Waals surface area (Å²) in [6.45, 7) is 0.740. The number of aromatic nitrogens is 3. The molecule has 1 N–H and O–H groups in total. The van der Waals surface area contributed by atoms with Crippen molar-refractivity contribution in [2.45, 2.75) is 19.3 Å². The summed E-state index contributed by atoms with van der Waals surface area (Å²) in [6, 6.07) is 9.26. The summed E-state index contributed by atoms with van der Waals surface area (Å²) < 4.78 is 53.8. The number of carbonyl (C=O) groups is 1. The second-order valence-electron chi connectivity index (χ2n) is 6.43. The quantitative estimate of drug-likeness (QED) is 0.673. The highest BCUT2D eigenvalue weighted by molar-refractivity contribution is 6.05. The van der Waals surface area contributed by atoms with Crippen molar-refractivity contribution in [3.63, 3.8) is 0 Å². The number of hydrogen-bond donors (Lipinski definition) is 1. The average Bonchev–Trinajstić information content (AvgIpc) is 3.11. The molecular formula is C19H15F4N5O. The normalized spacial score (nSPS) is 14.1. The van der Waals surface area contributed by atoms with Gasteiger partial charge in [-0.05, 0) is 42.5 Å². The van der Waals surface area contributed by atoms with Crippen LogP contribution in [0.4, 0.5) is 29.1 Å². The van der Waals surface area contributed by atoms with E-state index in [2.05, 4.69) is 15.4 Å². The van der Waals surface area contributed by atoms with Crippen LogP contribution < -0.4 is 10.2 Å². The number of rotatable bonds is 4. The van der Waals surface area contributed by atoms with E-state index in [1.54, 1.807) is 0 Å². The molecule has 3 heterocycles. The summed E-state index contributed by atoms with van der Waals surface area (Å²) in [5.41, 5.74) is 0.414. The van der Waals surface area contributed by atoms with E-state index < -0.39 is 17.6 Å². The summed E-state index contributed by atoms with van der Waals surface area (Å²) in [5.74, 6) is -1.01. The van der Waals surface area contributed by atoms with Crippen LogP contribution in [0.3, 0.4) is 0 Å². The Bertz CT molecular complexity index is 1050. The summed E-state index contributed by atoms with van der Waals surface area (Å²) in [4.78, 5) is 18.0. The Morgan fingerprint density at radius 3 is 2.59 bits per heavy atom. The zero-order valence-electron chi connectivity index (χ0n) is 14.9. The third-order valence-electron chi connectivity index (χ3n) is 4.52. The SMILES string of the molecule is O=C1c2cc(CNc3ncccc3C(F)(F)F)nn2CCN1c1ccc(F)cc1. The van der Waals surface area contributed by atoms with Crippen LogP contribution in [0.25, 0.3) is 0 Å². The third kappa shape index (κ3) is 3.78. The number of carbonyl (C=O) groups excluding carboxylic acids is 1. The number of alkyl halides is 3. The van der Waals surface area contributed by atoms with Crippen molar-refractivity contribution in [3.8, 4) is 0 Å². The fraction of sp³-hybridized carbons (Fsp3) is 0.211. The van der Waals surface area contributed by atoms with Crippen LogP contribution in [0.15, 0.2) is 48.7 Å². The Morgan fingerprint density at radius 2 is 1.86 bits per heavy atom. The van der Waals surface area contributed by atoms with E-state index in [0.717, 1.165) is 6.07 Å². The number of nitrogens with one attached hydrogen (secondary N) is 1. The van der Waals surface area contributed by atoms with Crippen LogP contribution in [0.5, 0.6) is 0 Å². The molecule has 0 radical (unpaired) electrons. The highest BCUT2D eigenvalue weighted by atomic mass is 19.4. The summed E-state index contributed by atoms with van der Waals surface area (Å²) in [6.07, 6.45) is -3.27. The van der Waals surface area contributed by atoms with Gasteiger partial charge in [0.25, 0.3) is 5.91 Å². The molecule has 2 aromatic heterocycles. The molecule has 0 bridgehead atoms. The van der Waals surface area contributed by atoms with Crippen LogP contribution >= 0.6 is 0 Å². The van der Waals surface area contributed by atoms with Crippen molar-refractivity contribution in [1.29, 1.82) is 0 Å². The molecule has 3 aromatic rings. The first-order valence-corrected chi connectivity index (χ1v) is 8.73. The molecular weight excluding hydrogens is 390 g/mol. The van der Waals surface area contributed by atoms with Gasteiger partial charge in [0.15, 0.2) is 0 Å². The van der Waals surface area contributed by atoms with E-state index in [4.69, 9.17) is 0 Å². The summed E-state index contributed by atoms with van der Waals surface area (Å²) in [5, 5.41) is 6.92. The van der Waals surface area contributed by atoms with Crippen molar-refractivity contribution in [2.75, 3.05) is 16.8 Å². The Balaban J connectivity index is 1.52. The Kier molecular flexibility index (Phi) is 4.69. The fourth-order valence-corrected chi connectivity index (χ4v) is 3.15. The highest BCUT2D eigenvalue weighted by Crippen LogP contribution is 2.33. The van der Waals surface area contributed by atoms with Gasteiger partial charge in [-0.2, -0.15) is 18.3 Å². The molecule has 1 aliphatic heterocycles. The topological polar surface area (TPSA) is 63.1 Å². The van der Waals surface area contributed by atoms with E-state index in [1.807, 2.05) is 0 Å². The predicted octanol–water partition coefficient (Wildman–Crippen LogP) is 3.71. The molecule has 0 spiro atoms. The molecule has 1 aliphatic rings. The van der Waals surface area contributed by atoms with Gasteiger partial charge in [-0.1, -0.05) is 0 Å². The van der Waals surface area contributed by atoms with Gasteiger partial charge >= 0.3 is 6.18 Å². The lowest BCUT2D eigenvalue weighted by molar-refractivity contribution is -0.137. The minimum Gasteiger partial charge on any atom is -0.364 e. The number of benzene rings is 1. The Hall–Kier alpha value is -3.43. The van der Waals surface area contributed by atoms with E-state index in [9.17, 15) is 22.4 Å². The van der Waals surface area contributed by atoms with Crippen molar-refractivity contribution >= 4 is 17.4 Å². The summed E-state index contributed by atoms with van der Waals surface area (Å²) >= 11 is 0. The molecule has 0 fully saturated rings. The van der Waals surface area contributed by atoms with Gasteiger partial charge in [-0.25, -0.2) is 9.37 Å². The van der Waals surface area contributed by atoms with E-state index in [1.165, 1.54) is 52.2 Å². The predicted molar refractivity (Wildman–Crippen MR) is 96.9 cm³/mol. The Morgan fingerprint density at radius 1 is 1.10 bits per heavy atom. The van der Waals surface area contributed by atoms with E-state index in [0.29, 0.717) is 30.2 Å². The van der Waals surface area contributed by atoms with Crippen LogP contribution in [0.1, 0.15) is 21.7 Å². The number of hydrogen-bond acceptors (Lipinski definition) is 4. The highest BCUT2D eigenvalue weighted by Gasteiger charge is 2.34. The van der Waals surface area contributed by atoms with Crippen molar-refractivity contribution in [1.82, 2.24) is 14.8 Å². The number of amides is 1. The zero-order valence-corrected chi connectivity index (χ0v) is 14.9. The number of nitrogens with zero attached hydrogens (tertiary/aromatic N) is 4. The van der Waals surface area contributed by atoms with Crippen molar-refractivity contribution in [3.05, 3.63) is 71.4 Å². The molecule has 6 nitrogen and oxygen atoms in total. The lowest BCUT2D eigenvalue weighted by atomic mass is 10.2.